The van der Waals surface area contributed by atoms with Crippen molar-refractivity contribution in [1.29, 1.82) is 0 Å². The number of benzene rings is 2. The summed E-state index contributed by atoms with van der Waals surface area (Å²) in [5, 5.41) is 3.39. The van der Waals surface area contributed by atoms with Gasteiger partial charge in [-0.05, 0) is 46.6 Å². The van der Waals surface area contributed by atoms with Gasteiger partial charge in [-0.25, -0.2) is 17.5 Å². The van der Waals surface area contributed by atoms with E-state index in [2.05, 4.69) is 32.9 Å². The summed E-state index contributed by atoms with van der Waals surface area (Å²) in [6, 6.07) is 11.4. The van der Waals surface area contributed by atoms with Crippen LogP contribution in [0.5, 0.6) is 0 Å². The van der Waals surface area contributed by atoms with E-state index in [0.29, 0.717) is 17.4 Å². The first kappa shape index (κ1) is 25.1. The highest BCUT2D eigenvalue weighted by atomic mass is 79.9. The van der Waals surface area contributed by atoms with Crippen LogP contribution in [-0.2, 0) is 10.0 Å². The number of nitrogens with one attached hydrogen (secondary N) is 2. The molecule has 8 heteroatoms. The summed E-state index contributed by atoms with van der Waals surface area (Å²) in [5.74, 6) is -0.870. The average molecular weight is 520 g/mol. The van der Waals surface area contributed by atoms with Crippen molar-refractivity contribution >= 4 is 43.2 Å². The third kappa shape index (κ3) is 8.17. The van der Waals surface area contributed by atoms with Crippen molar-refractivity contribution in [3.63, 3.8) is 0 Å². The van der Waals surface area contributed by atoms with Gasteiger partial charge in [0.05, 0.1) is 5.02 Å². The molecule has 1 atom stereocenters. The predicted molar refractivity (Wildman–Crippen MR) is 126 cm³/mol. The second-order valence-corrected chi connectivity index (χ2v) is 10.3. The van der Waals surface area contributed by atoms with Crippen molar-refractivity contribution in [3.05, 3.63) is 57.8 Å². The zero-order valence-electron chi connectivity index (χ0n) is 17.1. The molecule has 1 unspecified atom stereocenters. The number of anilines is 1. The molecule has 0 bridgehead atoms. The molecule has 0 aliphatic rings. The molecule has 0 aliphatic heterocycles. The van der Waals surface area contributed by atoms with Crippen molar-refractivity contribution < 1.29 is 12.8 Å². The highest BCUT2D eigenvalue weighted by Crippen LogP contribution is 2.28. The molecule has 0 radical (unpaired) electrons. The molecule has 4 nitrogen and oxygen atoms in total. The number of hydrogen-bond acceptors (Lipinski definition) is 3. The first-order valence-electron chi connectivity index (χ1n) is 10.3. The SMILES string of the molecule is CCCCCCCCC(CNc1ccccc1)NS(=O)(=O)c1cc(Br)c(Cl)cc1F. The maximum absolute atomic E-state index is 14.3. The molecule has 2 aromatic rings. The van der Waals surface area contributed by atoms with Gasteiger partial charge in [-0.3, -0.25) is 0 Å². The average Bonchev–Trinajstić information content (AvgIpc) is 2.71. The molecule has 0 fully saturated rings. The van der Waals surface area contributed by atoms with E-state index in [9.17, 15) is 12.8 Å². The summed E-state index contributed by atoms with van der Waals surface area (Å²) in [6.45, 7) is 2.59. The number of unbranched alkanes of at least 4 members (excludes halogenated alkanes) is 5. The zero-order valence-corrected chi connectivity index (χ0v) is 20.3. The summed E-state index contributed by atoms with van der Waals surface area (Å²) in [7, 11) is -4.04. The Morgan fingerprint density at radius 3 is 2.43 bits per heavy atom. The number of sulfonamides is 1. The number of para-hydroxylation sites is 1. The first-order valence-corrected chi connectivity index (χ1v) is 12.9. The summed E-state index contributed by atoms with van der Waals surface area (Å²) in [6.07, 6.45) is 7.35. The van der Waals surface area contributed by atoms with E-state index >= 15 is 0 Å². The van der Waals surface area contributed by atoms with E-state index in [0.717, 1.165) is 31.0 Å². The molecule has 2 rings (SSSR count). The van der Waals surface area contributed by atoms with E-state index in [1.165, 1.54) is 25.3 Å². The van der Waals surface area contributed by atoms with Crippen LogP contribution in [0.15, 0.2) is 51.8 Å². The third-order valence-electron chi connectivity index (χ3n) is 4.82. The maximum Gasteiger partial charge on any atom is 0.243 e. The highest BCUT2D eigenvalue weighted by molar-refractivity contribution is 9.10. The normalized spacial score (nSPS) is 12.7. The summed E-state index contributed by atoms with van der Waals surface area (Å²) >= 11 is 9.04. The summed E-state index contributed by atoms with van der Waals surface area (Å²) in [5.41, 5.74) is 0.907. The van der Waals surface area contributed by atoms with Crippen LogP contribution in [0.4, 0.5) is 10.1 Å². The minimum atomic E-state index is -4.04. The van der Waals surface area contributed by atoms with Gasteiger partial charge in [0.25, 0.3) is 0 Å². The molecule has 0 amide bonds. The van der Waals surface area contributed by atoms with Crippen molar-refractivity contribution in [3.8, 4) is 0 Å². The van der Waals surface area contributed by atoms with E-state index in [4.69, 9.17) is 11.6 Å². The van der Waals surface area contributed by atoms with Crippen LogP contribution in [0.2, 0.25) is 5.02 Å². The smallest absolute Gasteiger partial charge is 0.243 e. The van der Waals surface area contributed by atoms with Gasteiger partial charge in [0.2, 0.25) is 10.0 Å². The van der Waals surface area contributed by atoms with Crippen molar-refractivity contribution in [1.82, 2.24) is 4.72 Å². The van der Waals surface area contributed by atoms with E-state index in [-0.39, 0.29) is 11.1 Å². The summed E-state index contributed by atoms with van der Waals surface area (Å²) in [4.78, 5) is -0.411. The van der Waals surface area contributed by atoms with Crippen LogP contribution in [0.25, 0.3) is 0 Å². The molecule has 166 valence electrons. The standard InChI is InChI=1S/C22H29BrClFN2O2S/c1-2-3-4-5-6-8-13-18(16-26-17-11-9-7-10-12-17)27-30(28,29)22-14-19(23)20(24)15-21(22)25/h7,9-12,14-15,18,26-27H,2-6,8,13,16H2,1H3. The molecular weight excluding hydrogens is 491 g/mol. The van der Waals surface area contributed by atoms with Gasteiger partial charge in [-0.1, -0.05) is 75.2 Å². The Bertz CT molecular complexity index is 898. The minimum Gasteiger partial charge on any atom is -0.383 e. The maximum atomic E-state index is 14.3. The molecule has 0 saturated heterocycles. The zero-order chi connectivity index (χ0) is 22.0. The lowest BCUT2D eigenvalue weighted by Gasteiger charge is -2.20. The first-order chi connectivity index (χ1) is 14.3. The van der Waals surface area contributed by atoms with Crippen LogP contribution in [0.1, 0.15) is 51.9 Å². The van der Waals surface area contributed by atoms with E-state index in [1.807, 2.05) is 30.3 Å². The van der Waals surface area contributed by atoms with Crippen LogP contribution < -0.4 is 10.0 Å². The lowest BCUT2D eigenvalue weighted by atomic mass is 10.1. The molecule has 0 spiro atoms. The van der Waals surface area contributed by atoms with Crippen molar-refractivity contribution in [2.45, 2.75) is 62.8 Å². The van der Waals surface area contributed by atoms with Gasteiger partial charge in [0.1, 0.15) is 10.7 Å². The van der Waals surface area contributed by atoms with Gasteiger partial charge >= 0.3 is 0 Å². The molecule has 0 aliphatic carbocycles. The largest absolute Gasteiger partial charge is 0.383 e. The Kier molecular flexibility index (Phi) is 10.6. The van der Waals surface area contributed by atoms with Gasteiger partial charge in [-0.2, -0.15) is 0 Å². The Labute approximate surface area is 192 Å². The van der Waals surface area contributed by atoms with Crippen molar-refractivity contribution in [2.75, 3.05) is 11.9 Å². The number of hydrogen-bond donors (Lipinski definition) is 2. The lowest BCUT2D eigenvalue weighted by Crippen LogP contribution is -2.40. The van der Waals surface area contributed by atoms with Crippen LogP contribution in [0, 0.1) is 5.82 Å². The third-order valence-corrected chi connectivity index (χ3v) is 7.55. The monoisotopic (exact) mass is 518 g/mol. The molecule has 0 aromatic heterocycles. The number of rotatable bonds is 13. The molecular formula is C22H29BrClFN2O2S. The van der Waals surface area contributed by atoms with Gasteiger partial charge in [-0.15, -0.1) is 0 Å². The van der Waals surface area contributed by atoms with Crippen molar-refractivity contribution in [2.24, 2.45) is 0 Å². The molecule has 2 N–H and O–H groups in total. The molecule has 2 aromatic carbocycles. The fourth-order valence-corrected chi connectivity index (χ4v) is 5.16. The van der Waals surface area contributed by atoms with E-state index < -0.39 is 20.7 Å². The number of halogens is 3. The Morgan fingerprint density at radius 2 is 1.73 bits per heavy atom. The topological polar surface area (TPSA) is 58.2 Å². The molecule has 30 heavy (non-hydrogen) atoms. The predicted octanol–water partition coefficient (Wildman–Crippen LogP) is 6.75. The van der Waals surface area contributed by atoms with Crippen LogP contribution in [0.3, 0.4) is 0 Å². The fraction of sp³-hybridized carbons (Fsp3) is 0.455. The van der Waals surface area contributed by atoms with Gasteiger partial charge < -0.3 is 5.32 Å². The highest BCUT2D eigenvalue weighted by Gasteiger charge is 2.24. The lowest BCUT2D eigenvalue weighted by molar-refractivity contribution is 0.500. The Hall–Kier alpha value is -1.15. The van der Waals surface area contributed by atoms with Crippen LogP contribution in [-0.4, -0.2) is 21.0 Å². The second-order valence-electron chi connectivity index (χ2n) is 7.32. The fourth-order valence-electron chi connectivity index (χ4n) is 3.16. The summed E-state index contributed by atoms with van der Waals surface area (Å²) < 4.78 is 43.1. The minimum absolute atomic E-state index is 0.126. The quantitative estimate of drug-likeness (QED) is 0.227. The molecule has 0 saturated carbocycles. The van der Waals surface area contributed by atoms with Gasteiger partial charge in [0, 0.05) is 22.7 Å². The van der Waals surface area contributed by atoms with Crippen LogP contribution >= 0.6 is 27.5 Å². The Balaban J connectivity index is 2.07. The second kappa shape index (κ2) is 12.6. The van der Waals surface area contributed by atoms with E-state index in [1.54, 1.807) is 0 Å². The molecule has 0 heterocycles. The Morgan fingerprint density at radius 1 is 1.07 bits per heavy atom. The van der Waals surface area contributed by atoms with Gasteiger partial charge in [0.15, 0.2) is 0 Å².